The van der Waals surface area contributed by atoms with E-state index in [1.807, 2.05) is 0 Å². The number of hydrogen-bond donors (Lipinski definition) is 0. The van der Waals surface area contributed by atoms with Crippen LogP contribution in [0.1, 0.15) is 70.6 Å². The molecule has 0 heterocycles. The summed E-state index contributed by atoms with van der Waals surface area (Å²) in [5.41, 5.74) is 0. The van der Waals surface area contributed by atoms with Crippen LogP contribution in [0, 0.1) is 0 Å². The van der Waals surface area contributed by atoms with Crippen LogP contribution in [0.25, 0.3) is 0 Å². The fourth-order valence-corrected chi connectivity index (χ4v) is 2.15. The first-order valence-electron chi connectivity index (χ1n) is 7.24. The predicted octanol–water partition coefficient (Wildman–Crippen LogP) is 4.97. The van der Waals surface area contributed by atoms with Gasteiger partial charge in [0.2, 0.25) is 0 Å². The average molecular weight is 234 g/mol. The molecule has 0 aliphatic heterocycles. The Labute approximate surface area is 106 Å². The van der Waals surface area contributed by atoms with E-state index >= 15 is 0 Å². The van der Waals surface area contributed by atoms with E-state index in [1.165, 1.54) is 51.4 Å². The van der Waals surface area contributed by atoms with Gasteiger partial charge in [-0.3, -0.25) is 4.79 Å². The summed E-state index contributed by atoms with van der Waals surface area (Å²) < 4.78 is 0. The molecule has 96 valence electrons. The summed E-state index contributed by atoms with van der Waals surface area (Å²) in [5, 5.41) is 0. The minimum absolute atomic E-state index is 0.317. The quantitative estimate of drug-likeness (QED) is 0.541. The van der Waals surface area contributed by atoms with Crippen LogP contribution in [0.2, 0.25) is 0 Å². The molecule has 0 bridgehead atoms. The summed E-state index contributed by atoms with van der Waals surface area (Å²) >= 11 is 0. The SMILES string of the molecule is O=C1/C=C\CCCCC/C=C/CCCCCC1. The van der Waals surface area contributed by atoms with E-state index in [-0.39, 0.29) is 0 Å². The topological polar surface area (TPSA) is 17.1 Å². The summed E-state index contributed by atoms with van der Waals surface area (Å²) in [6, 6.07) is 0. The molecular formula is C16H26O. The highest BCUT2D eigenvalue weighted by molar-refractivity contribution is 5.89. The van der Waals surface area contributed by atoms with E-state index in [1.54, 1.807) is 6.08 Å². The molecule has 1 heteroatoms. The van der Waals surface area contributed by atoms with Gasteiger partial charge in [-0.2, -0.15) is 0 Å². The van der Waals surface area contributed by atoms with Crippen molar-refractivity contribution in [2.75, 3.05) is 0 Å². The second kappa shape index (κ2) is 10.3. The Morgan fingerprint density at radius 1 is 0.647 bits per heavy atom. The summed E-state index contributed by atoms with van der Waals surface area (Å²) in [4.78, 5) is 11.5. The first kappa shape index (κ1) is 14.2. The van der Waals surface area contributed by atoms with Gasteiger partial charge in [0.05, 0.1) is 0 Å². The monoisotopic (exact) mass is 234 g/mol. The number of carbonyl (C=O) groups is 1. The Hall–Kier alpha value is -0.850. The number of carbonyl (C=O) groups excluding carboxylic acids is 1. The molecule has 0 N–H and O–H groups in total. The van der Waals surface area contributed by atoms with Crippen LogP contribution in [-0.4, -0.2) is 5.78 Å². The van der Waals surface area contributed by atoms with Crippen LogP contribution in [0.4, 0.5) is 0 Å². The first-order chi connectivity index (χ1) is 8.39. The Bertz CT molecular complexity index is 250. The van der Waals surface area contributed by atoms with Gasteiger partial charge in [0, 0.05) is 6.42 Å². The van der Waals surface area contributed by atoms with E-state index in [0.717, 1.165) is 19.3 Å². The average Bonchev–Trinajstić information content (AvgIpc) is 2.32. The molecule has 1 nitrogen and oxygen atoms in total. The highest BCUT2D eigenvalue weighted by Crippen LogP contribution is 2.09. The highest BCUT2D eigenvalue weighted by atomic mass is 16.1. The maximum absolute atomic E-state index is 11.5. The third kappa shape index (κ3) is 8.91. The third-order valence-electron chi connectivity index (χ3n) is 3.26. The third-order valence-corrected chi connectivity index (χ3v) is 3.26. The molecule has 0 aromatic carbocycles. The van der Waals surface area contributed by atoms with E-state index < -0.39 is 0 Å². The zero-order chi connectivity index (χ0) is 12.2. The van der Waals surface area contributed by atoms with Crippen molar-refractivity contribution in [1.29, 1.82) is 0 Å². The van der Waals surface area contributed by atoms with Crippen LogP contribution < -0.4 is 0 Å². The fourth-order valence-electron chi connectivity index (χ4n) is 2.15. The van der Waals surface area contributed by atoms with Gasteiger partial charge >= 0.3 is 0 Å². The molecule has 0 radical (unpaired) electrons. The van der Waals surface area contributed by atoms with Gasteiger partial charge in [0.25, 0.3) is 0 Å². The van der Waals surface area contributed by atoms with E-state index in [0.29, 0.717) is 5.78 Å². The molecule has 0 saturated carbocycles. The van der Waals surface area contributed by atoms with E-state index in [4.69, 9.17) is 0 Å². The van der Waals surface area contributed by atoms with Crippen LogP contribution >= 0.6 is 0 Å². The van der Waals surface area contributed by atoms with Crippen LogP contribution in [0.15, 0.2) is 24.3 Å². The molecular weight excluding hydrogens is 208 g/mol. The summed E-state index contributed by atoms with van der Waals surface area (Å²) in [6.07, 6.45) is 21.4. The second-order valence-corrected chi connectivity index (χ2v) is 4.93. The smallest absolute Gasteiger partial charge is 0.155 e. The van der Waals surface area contributed by atoms with Crippen molar-refractivity contribution in [3.05, 3.63) is 24.3 Å². The summed E-state index contributed by atoms with van der Waals surface area (Å²) in [6.45, 7) is 0. The fraction of sp³-hybridized carbons (Fsp3) is 0.688. The number of hydrogen-bond acceptors (Lipinski definition) is 1. The Morgan fingerprint density at radius 3 is 1.88 bits per heavy atom. The molecule has 17 heavy (non-hydrogen) atoms. The zero-order valence-corrected chi connectivity index (χ0v) is 11.0. The van der Waals surface area contributed by atoms with Gasteiger partial charge < -0.3 is 0 Å². The first-order valence-corrected chi connectivity index (χ1v) is 7.24. The van der Waals surface area contributed by atoms with E-state index in [2.05, 4.69) is 18.2 Å². The van der Waals surface area contributed by atoms with Gasteiger partial charge in [-0.25, -0.2) is 0 Å². The normalized spacial score (nSPS) is 25.3. The van der Waals surface area contributed by atoms with Crippen LogP contribution in [0.3, 0.4) is 0 Å². The molecule has 1 rings (SSSR count). The van der Waals surface area contributed by atoms with Crippen molar-refractivity contribution < 1.29 is 4.79 Å². The van der Waals surface area contributed by atoms with Gasteiger partial charge in [0.1, 0.15) is 0 Å². The molecule has 0 unspecified atom stereocenters. The molecule has 0 amide bonds. The standard InChI is InChI=1S/C16H26O/c17-16-14-12-10-8-6-4-2-1-3-5-7-9-11-13-15-16/h1-2,13,15H,3-12,14H2/b2-1+,15-13-. The lowest BCUT2D eigenvalue weighted by atomic mass is 10.1. The Balaban J connectivity index is 2.25. The molecule has 0 saturated heterocycles. The van der Waals surface area contributed by atoms with Gasteiger partial charge in [-0.05, 0) is 51.0 Å². The highest BCUT2D eigenvalue weighted by Gasteiger charge is 1.97. The Kier molecular flexibility index (Phi) is 8.62. The van der Waals surface area contributed by atoms with Crippen molar-refractivity contribution in [2.24, 2.45) is 0 Å². The van der Waals surface area contributed by atoms with Crippen molar-refractivity contribution in [2.45, 2.75) is 70.6 Å². The molecule has 1 aliphatic rings. The summed E-state index contributed by atoms with van der Waals surface area (Å²) in [5.74, 6) is 0.317. The zero-order valence-electron chi connectivity index (χ0n) is 11.0. The molecule has 0 atom stereocenters. The lowest BCUT2D eigenvalue weighted by Crippen LogP contribution is -1.92. The van der Waals surface area contributed by atoms with Crippen LogP contribution in [-0.2, 0) is 4.79 Å². The van der Waals surface area contributed by atoms with Gasteiger partial charge in [-0.15, -0.1) is 0 Å². The lowest BCUT2D eigenvalue weighted by Gasteiger charge is -1.99. The van der Waals surface area contributed by atoms with Crippen molar-refractivity contribution >= 4 is 5.78 Å². The number of allylic oxidation sites excluding steroid dienone is 4. The lowest BCUT2D eigenvalue weighted by molar-refractivity contribution is -0.114. The summed E-state index contributed by atoms with van der Waals surface area (Å²) in [7, 11) is 0. The molecule has 0 aromatic rings. The maximum Gasteiger partial charge on any atom is 0.155 e. The minimum atomic E-state index is 0.317. The Morgan fingerprint density at radius 2 is 1.18 bits per heavy atom. The van der Waals surface area contributed by atoms with Crippen molar-refractivity contribution in [3.63, 3.8) is 0 Å². The minimum Gasteiger partial charge on any atom is -0.295 e. The second-order valence-electron chi connectivity index (χ2n) is 4.93. The van der Waals surface area contributed by atoms with Crippen molar-refractivity contribution in [3.8, 4) is 0 Å². The number of rotatable bonds is 0. The molecule has 0 aromatic heterocycles. The van der Waals surface area contributed by atoms with Crippen LogP contribution in [0.5, 0.6) is 0 Å². The largest absolute Gasteiger partial charge is 0.295 e. The van der Waals surface area contributed by atoms with Gasteiger partial charge in [-0.1, -0.05) is 37.5 Å². The predicted molar refractivity (Wildman–Crippen MR) is 74.1 cm³/mol. The van der Waals surface area contributed by atoms with Crippen molar-refractivity contribution in [1.82, 2.24) is 0 Å². The molecule has 0 fully saturated rings. The molecule has 0 spiro atoms. The molecule has 1 aliphatic carbocycles. The maximum atomic E-state index is 11.5. The van der Waals surface area contributed by atoms with E-state index in [9.17, 15) is 4.79 Å². The van der Waals surface area contributed by atoms with Gasteiger partial charge in [0.15, 0.2) is 5.78 Å². The number of ketones is 1.